The zero-order chi connectivity index (χ0) is 14.4. The van der Waals surface area contributed by atoms with Crippen molar-refractivity contribution in [3.05, 3.63) is 34.4 Å². The Labute approximate surface area is 113 Å². The normalized spacial score (nSPS) is 10.1. The third-order valence-corrected chi connectivity index (χ3v) is 2.86. The number of rotatable bonds is 5. The van der Waals surface area contributed by atoms with Gasteiger partial charge >= 0.3 is 11.9 Å². The lowest BCUT2D eigenvalue weighted by Gasteiger charge is -2.14. The molecule has 0 saturated carbocycles. The molecule has 19 heavy (non-hydrogen) atoms. The standard InChI is InChI=1S/C15H20O4/c1-5-18-13(16)9-12-10(3)7-8-11(4)14(12)15(17)19-6-2/h7-8H,5-6,9H2,1-4H3. The summed E-state index contributed by atoms with van der Waals surface area (Å²) in [6.45, 7) is 7.86. The molecule has 1 rings (SSSR count). The molecule has 4 nitrogen and oxygen atoms in total. The van der Waals surface area contributed by atoms with Gasteiger partial charge in [-0.2, -0.15) is 0 Å². The van der Waals surface area contributed by atoms with E-state index in [9.17, 15) is 9.59 Å². The smallest absolute Gasteiger partial charge is 0.338 e. The molecule has 1 aromatic rings. The van der Waals surface area contributed by atoms with Crippen molar-refractivity contribution in [3.8, 4) is 0 Å². The number of carbonyl (C=O) groups excluding carboxylic acids is 2. The summed E-state index contributed by atoms with van der Waals surface area (Å²) in [7, 11) is 0. The van der Waals surface area contributed by atoms with Crippen LogP contribution in [0.2, 0.25) is 0 Å². The maximum Gasteiger partial charge on any atom is 0.338 e. The molecular formula is C15H20O4. The summed E-state index contributed by atoms with van der Waals surface area (Å²) in [6, 6.07) is 3.75. The predicted octanol–water partition coefficient (Wildman–Crippen LogP) is 2.59. The van der Waals surface area contributed by atoms with Crippen molar-refractivity contribution in [3.63, 3.8) is 0 Å². The maximum atomic E-state index is 12.0. The van der Waals surface area contributed by atoms with E-state index in [-0.39, 0.29) is 18.4 Å². The van der Waals surface area contributed by atoms with Gasteiger partial charge in [0.05, 0.1) is 25.2 Å². The van der Waals surface area contributed by atoms with Crippen LogP contribution in [0.1, 0.15) is 40.9 Å². The Balaban J connectivity index is 3.16. The van der Waals surface area contributed by atoms with Crippen LogP contribution in [0.25, 0.3) is 0 Å². The zero-order valence-electron chi connectivity index (χ0n) is 11.9. The summed E-state index contributed by atoms with van der Waals surface area (Å²) in [5.74, 6) is -0.718. The average Bonchev–Trinajstić information content (AvgIpc) is 2.34. The maximum absolute atomic E-state index is 12.0. The quantitative estimate of drug-likeness (QED) is 0.767. The molecule has 0 heterocycles. The largest absolute Gasteiger partial charge is 0.466 e. The van der Waals surface area contributed by atoms with Gasteiger partial charge in [-0.1, -0.05) is 12.1 Å². The first-order valence-corrected chi connectivity index (χ1v) is 6.43. The van der Waals surface area contributed by atoms with E-state index in [2.05, 4.69) is 0 Å². The third kappa shape index (κ3) is 3.81. The molecule has 0 atom stereocenters. The number of hydrogen-bond donors (Lipinski definition) is 0. The van der Waals surface area contributed by atoms with E-state index in [1.807, 2.05) is 26.0 Å². The van der Waals surface area contributed by atoms with Crippen LogP contribution < -0.4 is 0 Å². The Kier molecular flexibility index (Phi) is 5.55. The Hall–Kier alpha value is -1.84. The summed E-state index contributed by atoms with van der Waals surface area (Å²) >= 11 is 0. The molecule has 0 aliphatic carbocycles. The molecule has 0 aromatic heterocycles. The second-order valence-corrected chi connectivity index (χ2v) is 4.26. The average molecular weight is 264 g/mol. The number of ether oxygens (including phenoxy) is 2. The fourth-order valence-electron chi connectivity index (χ4n) is 1.94. The topological polar surface area (TPSA) is 52.6 Å². The number of esters is 2. The van der Waals surface area contributed by atoms with Crippen LogP contribution in [0.15, 0.2) is 12.1 Å². The first kappa shape index (κ1) is 15.2. The fraction of sp³-hybridized carbons (Fsp3) is 0.467. The van der Waals surface area contributed by atoms with Gasteiger partial charge in [-0.05, 0) is 44.4 Å². The summed E-state index contributed by atoms with van der Waals surface area (Å²) in [5.41, 5.74) is 2.87. The number of hydrogen-bond acceptors (Lipinski definition) is 4. The fourth-order valence-corrected chi connectivity index (χ4v) is 1.94. The van der Waals surface area contributed by atoms with E-state index >= 15 is 0 Å². The molecule has 0 saturated heterocycles. The van der Waals surface area contributed by atoms with E-state index in [1.165, 1.54) is 0 Å². The monoisotopic (exact) mass is 264 g/mol. The summed E-state index contributed by atoms with van der Waals surface area (Å²) in [6.07, 6.45) is 0.0928. The van der Waals surface area contributed by atoms with Gasteiger partial charge in [0.2, 0.25) is 0 Å². The van der Waals surface area contributed by atoms with Crippen molar-refractivity contribution in [2.45, 2.75) is 34.1 Å². The Morgan fingerprint density at radius 1 is 1.00 bits per heavy atom. The van der Waals surface area contributed by atoms with Crippen LogP contribution in [0.5, 0.6) is 0 Å². The lowest BCUT2D eigenvalue weighted by molar-refractivity contribution is -0.142. The lowest BCUT2D eigenvalue weighted by atomic mass is 9.95. The molecule has 0 aliphatic rings. The van der Waals surface area contributed by atoms with Crippen molar-refractivity contribution < 1.29 is 19.1 Å². The Bertz CT molecular complexity index is 477. The second-order valence-electron chi connectivity index (χ2n) is 4.26. The van der Waals surface area contributed by atoms with Crippen LogP contribution in [0, 0.1) is 13.8 Å². The third-order valence-electron chi connectivity index (χ3n) is 2.86. The van der Waals surface area contributed by atoms with Crippen LogP contribution in [0.4, 0.5) is 0 Å². The van der Waals surface area contributed by atoms with E-state index in [0.717, 1.165) is 11.1 Å². The highest BCUT2D eigenvalue weighted by atomic mass is 16.5. The minimum absolute atomic E-state index is 0.0928. The van der Waals surface area contributed by atoms with Gasteiger partial charge in [0, 0.05) is 0 Å². The van der Waals surface area contributed by atoms with E-state index in [0.29, 0.717) is 24.3 Å². The highest BCUT2D eigenvalue weighted by molar-refractivity contribution is 5.94. The Morgan fingerprint density at radius 3 is 2.16 bits per heavy atom. The first-order valence-electron chi connectivity index (χ1n) is 6.43. The van der Waals surface area contributed by atoms with Crippen LogP contribution >= 0.6 is 0 Å². The van der Waals surface area contributed by atoms with Crippen LogP contribution in [-0.4, -0.2) is 25.2 Å². The highest BCUT2D eigenvalue weighted by Crippen LogP contribution is 2.21. The number of aryl methyl sites for hydroxylation is 2. The van der Waals surface area contributed by atoms with Crippen LogP contribution in [0.3, 0.4) is 0 Å². The van der Waals surface area contributed by atoms with Crippen molar-refractivity contribution in [2.75, 3.05) is 13.2 Å². The van der Waals surface area contributed by atoms with Gasteiger partial charge in [0.25, 0.3) is 0 Å². The molecule has 0 amide bonds. The van der Waals surface area contributed by atoms with Gasteiger partial charge < -0.3 is 9.47 Å². The van der Waals surface area contributed by atoms with E-state index in [1.54, 1.807) is 13.8 Å². The van der Waals surface area contributed by atoms with Gasteiger partial charge in [-0.15, -0.1) is 0 Å². The van der Waals surface area contributed by atoms with Crippen LogP contribution in [-0.2, 0) is 20.7 Å². The molecule has 0 N–H and O–H groups in total. The lowest BCUT2D eigenvalue weighted by Crippen LogP contribution is -2.16. The van der Waals surface area contributed by atoms with Gasteiger partial charge in [-0.25, -0.2) is 4.79 Å². The summed E-state index contributed by atoms with van der Waals surface area (Å²) in [5, 5.41) is 0. The summed E-state index contributed by atoms with van der Waals surface area (Å²) < 4.78 is 10.00. The van der Waals surface area contributed by atoms with E-state index < -0.39 is 0 Å². The molecule has 0 spiro atoms. The second kappa shape index (κ2) is 6.92. The van der Waals surface area contributed by atoms with E-state index in [4.69, 9.17) is 9.47 Å². The van der Waals surface area contributed by atoms with Crippen molar-refractivity contribution in [1.82, 2.24) is 0 Å². The molecule has 0 bridgehead atoms. The van der Waals surface area contributed by atoms with Gasteiger partial charge in [0.15, 0.2) is 0 Å². The van der Waals surface area contributed by atoms with Crippen molar-refractivity contribution in [1.29, 1.82) is 0 Å². The minimum atomic E-state index is -0.386. The molecular weight excluding hydrogens is 244 g/mol. The molecule has 1 aromatic carbocycles. The minimum Gasteiger partial charge on any atom is -0.466 e. The molecule has 0 unspecified atom stereocenters. The predicted molar refractivity (Wildman–Crippen MR) is 72.2 cm³/mol. The highest BCUT2D eigenvalue weighted by Gasteiger charge is 2.19. The molecule has 104 valence electrons. The SMILES string of the molecule is CCOC(=O)Cc1c(C)ccc(C)c1C(=O)OCC. The number of benzene rings is 1. The van der Waals surface area contributed by atoms with Gasteiger partial charge in [0.1, 0.15) is 0 Å². The Morgan fingerprint density at radius 2 is 1.58 bits per heavy atom. The first-order chi connectivity index (χ1) is 9.01. The number of carbonyl (C=O) groups is 2. The molecule has 0 radical (unpaired) electrons. The molecule has 4 heteroatoms. The molecule has 0 fully saturated rings. The van der Waals surface area contributed by atoms with Gasteiger partial charge in [-0.3, -0.25) is 4.79 Å². The van der Waals surface area contributed by atoms with Crippen molar-refractivity contribution in [2.24, 2.45) is 0 Å². The van der Waals surface area contributed by atoms with Crippen molar-refractivity contribution >= 4 is 11.9 Å². The zero-order valence-corrected chi connectivity index (χ0v) is 11.9. The summed E-state index contributed by atoms with van der Waals surface area (Å²) in [4.78, 5) is 23.6. The molecule has 0 aliphatic heterocycles.